The molecular weight excluding hydrogens is 290 g/mol. The number of carbonyl (C=O) groups excluding carboxylic acids is 1. The highest BCUT2D eigenvalue weighted by Gasteiger charge is 2.06. The Labute approximate surface area is 137 Å². The predicted octanol–water partition coefficient (Wildman–Crippen LogP) is 1.77. The van der Waals surface area contributed by atoms with E-state index < -0.39 is 0 Å². The van der Waals surface area contributed by atoms with Crippen molar-refractivity contribution < 1.29 is 4.79 Å². The van der Waals surface area contributed by atoms with Crippen molar-refractivity contribution in [1.29, 1.82) is 0 Å². The molecule has 1 amide bonds. The van der Waals surface area contributed by atoms with Crippen molar-refractivity contribution in [2.24, 2.45) is 0 Å². The van der Waals surface area contributed by atoms with Gasteiger partial charge in [-0.05, 0) is 32.6 Å². The molecule has 1 aromatic heterocycles. The molecule has 0 atom stereocenters. The zero-order valence-corrected chi connectivity index (χ0v) is 13.6. The molecule has 0 saturated heterocycles. The summed E-state index contributed by atoms with van der Waals surface area (Å²) in [5, 5.41) is 6.00. The minimum atomic E-state index is -0.140. The first kappa shape index (κ1) is 16.9. The number of hydrogen-bond acceptors (Lipinski definition) is 5. The van der Waals surface area contributed by atoms with Crippen molar-refractivity contribution >= 4 is 11.9 Å². The van der Waals surface area contributed by atoms with Crippen LogP contribution < -0.4 is 10.6 Å². The highest BCUT2D eigenvalue weighted by Crippen LogP contribution is 2.04. The fraction of sp³-hybridized carbons (Fsp3) is 0.353. The summed E-state index contributed by atoms with van der Waals surface area (Å²) in [5.41, 5.74) is 1.62. The molecule has 0 spiro atoms. The van der Waals surface area contributed by atoms with Crippen molar-refractivity contribution in [3.63, 3.8) is 0 Å². The van der Waals surface area contributed by atoms with Gasteiger partial charge in [-0.1, -0.05) is 30.3 Å². The average molecular weight is 313 g/mol. The Balaban J connectivity index is 1.78. The van der Waals surface area contributed by atoms with Gasteiger partial charge in [-0.3, -0.25) is 4.79 Å². The van der Waals surface area contributed by atoms with Crippen LogP contribution in [-0.2, 0) is 6.54 Å². The van der Waals surface area contributed by atoms with E-state index in [4.69, 9.17) is 0 Å². The van der Waals surface area contributed by atoms with E-state index >= 15 is 0 Å². The van der Waals surface area contributed by atoms with Gasteiger partial charge in [0.2, 0.25) is 5.95 Å². The molecule has 0 aliphatic carbocycles. The van der Waals surface area contributed by atoms with Crippen LogP contribution in [-0.4, -0.2) is 48.0 Å². The van der Waals surface area contributed by atoms with Gasteiger partial charge in [0.1, 0.15) is 0 Å². The summed E-state index contributed by atoms with van der Waals surface area (Å²) >= 11 is 0. The number of nitrogens with zero attached hydrogens (tertiary/aromatic N) is 3. The summed E-state index contributed by atoms with van der Waals surface area (Å²) in [4.78, 5) is 22.4. The van der Waals surface area contributed by atoms with Crippen molar-refractivity contribution in [2.45, 2.75) is 13.0 Å². The van der Waals surface area contributed by atoms with Crippen LogP contribution in [0.4, 0.5) is 5.95 Å². The van der Waals surface area contributed by atoms with Crippen LogP contribution in [0.15, 0.2) is 42.7 Å². The lowest BCUT2D eigenvalue weighted by molar-refractivity contribution is 0.0951. The zero-order chi connectivity index (χ0) is 16.5. The molecule has 6 nitrogen and oxygen atoms in total. The maximum atomic E-state index is 12.0. The van der Waals surface area contributed by atoms with E-state index in [0.717, 1.165) is 18.5 Å². The van der Waals surface area contributed by atoms with Gasteiger partial charge < -0.3 is 15.5 Å². The number of benzene rings is 1. The van der Waals surface area contributed by atoms with Gasteiger partial charge in [0.25, 0.3) is 5.91 Å². The molecule has 0 saturated carbocycles. The van der Waals surface area contributed by atoms with Crippen LogP contribution in [0.25, 0.3) is 0 Å². The molecule has 0 radical (unpaired) electrons. The first-order valence-corrected chi connectivity index (χ1v) is 7.68. The summed E-state index contributed by atoms with van der Waals surface area (Å²) in [6.07, 6.45) is 4.00. The highest BCUT2D eigenvalue weighted by atomic mass is 16.1. The second-order valence-corrected chi connectivity index (χ2v) is 5.55. The Morgan fingerprint density at radius 2 is 1.83 bits per heavy atom. The molecule has 2 aromatic rings. The number of aromatic nitrogens is 2. The molecule has 2 rings (SSSR count). The summed E-state index contributed by atoms with van der Waals surface area (Å²) in [6, 6.07) is 10.0. The summed E-state index contributed by atoms with van der Waals surface area (Å²) in [7, 11) is 4.02. The lowest BCUT2D eigenvalue weighted by Gasteiger charge is -2.10. The Hall–Kier alpha value is -2.47. The minimum absolute atomic E-state index is 0.140. The van der Waals surface area contributed by atoms with E-state index in [-0.39, 0.29) is 5.91 Å². The Morgan fingerprint density at radius 3 is 2.48 bits per heavy atom. The van der Waals surface area contributed by atoms with Gasteiger partial charge in [-0.25, -0.2) is 9.97 Å². The average Bonchev–Trinajstić information content (AvgIpc) is 2.58. The van der Waals surface area contributed by atoms with Crippen LogP contribution in [0.5, 0.6) is 0 Å². The normalized spacial score (nSPS) is 10.6. The van der Waals surface area contributed by atoms with E-state index in [1.165, 1.54) is 0 Å². The monoisotopic (exact) mass is 313 g/mol. The second-order valence-electron chi connectivity index (χ2n) is 5.55. The Kier molecular flexibility index (Phi) is 6.50. The number of hydrogen-bond donors (Lipinski definition) is 2. The number of carbonyl (C=O) groups is 1. The third kappa shape index (κ3) is 6.04. The van der Waals surface area contributed by atoms with Crippen LogP contribution in [0.3, 0.4) is 0 Å². The third-order valence-corrected chi connectivity index (χ3v) is 3.28. The van der Waals surface area contributed by atoms with E-state index in [1.807, 2.05) is 44.4 Å². The minimum Gasteiger partial charge on any atom is -0.352 e. The molecule has 23 heavy (non-hydrogen) atoms. The van der Waals surface area contributed by atoms with Crippen molar-refractivity contribution in [2.75, 3.05) is 32.5 Å². The maximum Gasteiger partial charge on any atom is 0.254 e. The van der Waals surface area contributed by atoms with E-state index in [2.05, 4.69) is 25.5 Å². The van der Waals surface area contributed by atoms with Gasteiger partial charge in [-0.15, -0.1) is 0 Å². The molecule has 1 aromatic carbocycles. The Bertz CT molecular complexity index is 598. The van der Waals surface area contributed by atoms with Gasteiger partial charge in [0.05, 0.1) is 5.56 Å². The molecule has 0 unspecified atom stereocenters. The molecule has 0 aliphatic heterocycles. The summed E-state index contributed by atoms with van der Waals surface area (Å²) < 4.78 is 0. The fourth-order valence-corrected chi connectivity index (χ4v) is 2.01. The van der Waals surface area contributed by atoms with Crippen LogP contribution in [0, 0.1) is 0 Å². The van der Waals surface area contributed by atoms with Crippen molar-refractivity contribution in [3.8, 4) is 0 Å². The van der Waals surface area contributed by atoms with Gasteiger partial charge in [0.15, 0.2) is 0 Å². The topological polar surface area (TPSA) is 70.2 Å². The zero-order valence-electron chi connectivity index (χ0n) is 13.6. The first-order valence-electron chi connectivity index (χ1n) is 7.68. The van der Waals surface area contributed by atoms with E-state index in [0.29, 0.717) is 24.6 Å². The standard InChI is InChI=1S/C17H23N5O/c1-22(2)10-6-9-18-16(23)15-12-20-17(21-13-15)19-11-14-7-4-3-5-8-14/h3-5,7-8,12-13H,6,9-11H2,1-2H3,(H,18,23)(H,19,20,21). The molecule has 6 heteroatoms. The lowest BCUT2D eigenvalue weighted by atomic mass is 10.2. The SMILES string of the molecule is CN(C)CCCNC(=O)c1cnc(NCc2ccccc2)nc1. The van der Waals surface area contributed by atoms with E-state index in [1.54, 1.807) is 12.4 Å². The van der Waals surface area contributed by atoms with Gasteiger partial charge >= 0.3 is 0 Å². The number of anilines is 1. The van der Waals surface area contributed by atoms with E-state index in [9.17, 15) is 4.79 Å². The Morgan fingerprint density at radius 1 is 1.13 bits per heavy atom. The van der Waals surface area contributed by atoms with Gasteiger partial charge in [-0.2, -0.15) is 0 Å². The molecule has 0 aliphatic rings. The predicted molar refractivity (Wildman–Crippen MR) is 91.3 cm³/mol. The molecule has 122 valence electrons. The van der Waals surface area contributed by atoms with Crippen LogP contribution in [0.1, 0.15) is 22.3 Å². The largest absolute Gasteiger partial charge is 0.352 e. The quantitative estimate of drug-likeness (QED) is 0.727. The lowest BCUT2D eigenvalue weighted by Crippen LogP contribution is -2.27. The number of rotatable bonds is 8. The maximum absolute atomic E-state index is 12.0. The molecular formula is C17H23N5O. The summed E-state index contributed by atoms with van der Waals surface area (Å²) in [6.45, 7) is 2.24. The second kappa shape index (κ2) is 8.85. The first-order chi connectivity index (χ1) is 11.1. The van der Waals surface area contributed by atoms with Crippen LogP contribution >= 0.6 is 0 Å². The molecule has 1 heterocycles. The number of amides is 1. The van der Waals surface area contributed by atoms with Gasteiger partial charge in [0, 0.05) is 25.5 Å². The highest BCUT2D eigenvalue weighted by molar-refractivity contribution is 5.93. The molecule has 0 fully saturated rings. The van der Waals surface area contributed by atoms with Crippen molar-refractivity contribution in [1.82, 2.24) is 20.2 Å². The smallest absolute Gasteiger partial charge is 0.254 e. The molecule has 0 bridgehead atoms. The third-order valence-electron chi connectivity index (χ3n) is 3.28. The van der Waals surface area contributed by atoms with Crippen molar-refractivity contribution in [3.05, 3.63) is 53.9 Å². The van der Waals surface area contributed by atoms with Crippen LogP contribution in [0.2, 0.25) is 0 Å². The summed E-state index contributed by atoms with van der Waals surface area (Å²) in [5.74, 6) is 0.372. The molecule has 2 N–H and O–H groups in total. The fourth-order valence-electron chi connectivity index (χ4n) is 2.01. The number of nitrogens with one attached hydrogen (secondary N) is 2.